The zero-order valence-corrected chi connectivity index (χ0v) is 10.2. The van der Waals surface area contributed by atoms with Crippen LogP contribution in [0.5, 0.6) is 0 Å². The third-order valence-corrected chi connectivity index (χ3v) is 2.50. The molecule has 0 aromatic carbocycles. The van der Waals surface area contributed by atoms with Crippen molar-refractivity contribution in [3.63, 3.8) is 0 Å². The lowest BCUT2D eigenvalue weighted by atomic mass is 10.1. The SMILES string of the molecule is CCCCCCCCC(CO)OCOC. The largest absolute Gasteiger partial charge is 0.394 e. The maximum Gasteiger partial charge on any atom is 0.146 e. The normalized spacial score (nSPS) is 13.0. The summed E-state index contributed by atoms with van der Waals surface area (Å²) in [6.45, 7) is 2.60. The minimum Gasteiger partial charge on any atom is -0.394 e. The Labute approximate surface area is 93.8 Å². The first-order chi connectivity index (χ1) is 7.35. The van der Waals surface area contributed by atoms with E-state index in [0.717, 1.165) is 12.8 Å². The highest BCUT2D eigenvalue weighted by Gasteiger charge is 2.06. The molecule has 0 rings (SSSR count). The van der Waals surface area contributed by atoms with E-state index in [1.54, 1.807) is 7.11 Å². The van der Waals surface area contributed by atoms with Crippen LogP contribution in [-0.2, 0) is 9.47 Å². The third-order valence-electron chi connectivity index (χ3n) is 2.50. The average molecular weight is 218 g/mol. The number of unbranched alkanes of at least 4 members (excludes halogenated alkanes) is 5. The summed E-state index contributed by atoms with van der Waals surface area (Å²) in [6, 6.07) is 0. The van der Waals surface area contributed by atoms with Gasteiger partial charge in [0.1, 0.15) is 6.79 Å². The Bertz CT molecular complexity index is 117. The van der Waals surface area contributed by atoms with Crippen LogP contribution in [0, 0.1) is 0 Å². The number of hydrogen-bond acceptors (Lipinski definition) is 3. The summed E-state index contributed by atoms with van der Waals surface area (Å²) in [5.74, 6) is 0. The summed E-state index contributed by atoms with van der Waals surface area (Å²) >= 11 is 0. The van der Waals surface area contributed by atoms with Gasteiger partial charge >= 0.3 is 0 Å². The van der Waals surface area contributed by atoms with E-state index in [0.29, 0.717) is 0 Å². The highest BCUT2D eigenvalue weighted by molar-refractivity contribution is 4.55. The van der Waals surface area contributed by atoms with Crippen LogP contribution in [0.2, 0.25) is 0 Å². The van der Waals surface area contributed by atoms with Crippen molar-refractivity contribution >= 4 is 0 Å². The summed E-state index contributed by atoms with van der Waals surface area (Å²) in [5.41, 5.74) is 0. The predicted octanol–water partition coefficient (Wildman–Crippen LogP) is 2.72. The van der Waals surface area contributed by atoms with Gasteiger partial charge in [0.05, 0.1) is 12.7 Å². The Morgan fingerprint density at radius 1 is 1.07 bits per heavy atom. The zero-order valence-electron chi connectivity index (χ0n) is 10.2. The summed E-state index contributed by atoms with van der Waals surface area (Å²) in [4.78, 5) is 0. The van der Waals surface area contributed by atoms with Gasteiger partial charge in [-0.25, -0.2) is 0 Å². The first-order valence-corrected chi connectivity index (χ1v) is 6.06. The second-order valence-corrected chi connectivity index (χ2v) is 3.93. The zero-order chi connectivity index (χ0) is 11.4. The number of methoxy groups -OCH3 is 1. The molecule has 1 unspecified atom stereocenters. The molecular formula is C12H26O3. The van der Waals surface area contributed by atoms with Gasteiger partial charge in [-0.2, -0.15) is 0 Å². The van der Waals surface area contributed by atoms with Gasteiger partial charge in [-0.05, 0) is 6.42 Å². The molecular weight excluding hydrogens is 192 g/mol. The lowest BCUT2D eigenvalue weighted by Crippen LogP contribution is -2.18. The number of aliphatic hydroxyl groups excluding tert-OH is 1. The number of aliphatic hydroxyl groups is 1. The fourth-order valence-corrected chi connectivity index (χ4v) is 1.54. The third kappa shape index (κ3) is 10.2. The molecule has 0 aromatic rings. The fourth-order valence-electron chi connectivity index (χ4n) is 1.54. The average Bonchev–Trinajstić information content (AvgIpc) is 2.27. The van der Waals surface area contributed by atoms with Gasteiger partial charge in [-0.15, -0.1) is 0 Å². The van der Waals surface area contributed by atoms with Crippen molar-refractivity contribution in [2.45, 2.75) is 58.0 Å². The van der Waals surface area contributed by atoms with Gasteiger partial charge in [-0.1, -0.05) is 45.4 Å². The standard InChI is InChI=1S/C12H26O3/c1-3-4-5-6-7-8-9-12(10-13)15-11-14-2/h12-13H,3-11H2,1-2H3. The van der Waals surface area contributed by atoms with Crippen LogP contribution in [-0.4, -0.2) is 31.7 Å². The molecule has 1 N–H and O–H groups in total. The van der Waals surface area contributed by atoms with Crippen molar-refractivity contribution < 1.29 is 14.6 Å². The molecule has 0 spiro atoms. The van der Waals surface area contributed by atoms with E-state index in [9.17, 15) is 0 Å². The van der Waals surface area contributed by atoms with E-state index in [1.165, 1.54) is 32.1 Å². The summed E-state index contributed by atoms with van der Waals surface area (Å²) < 4.78 is 10.1. The van der Waals surface area contributed by atoms with Crippen LogP contribution in [0.25, 0.3) is 0 Å². The minimum atomic E-state index is -0.0453. The topological polar surface area (TPSA) is 38.7 Å². The lowest BCUT2D eigenvalue weighted by molar-refractivity contribution is -0.0898. The highest BCUT2D eigenvalue weighted by Crippen LogP contribution is 2.10. The molecule has 0 radical (unpaired) electrons. The lowest BCUT2D eigenvalue weighted by Gasteiger charge is -2.14. The van der Waals surface area contributed by atoms with Gasteiger partial charge < -0.3 is 14.6 Å². The van der Waals surface area contributed by atoms with Crippen LogP contribution >= 0.6 is 0 Å². The first-order valence-electron chi connectivity index (χ1n) is 6.06. The molecule has 3 nitrogen and oxygen atoms in total. The van der Waals surface area contributed by atoms with E-state index in [1.807, 2.05) is 0 Å². The molecule has 0 heterocycles. The molecule has 0 fully saturated rings. The molecule has 1 atom stereocenters. The smallest absolute Gasteiger partial charge is 0.146 e. The Morgan fingerprint density at radius 3 is 2.33 bits per heavy atom. The van der Waals surface area contributed by atoms with Crippen LogP contribution in [0.4, 0.5) is 0 Å². The number of ether oxygens (including phenoxy) is 2. The summed E-state index contributed by atoms with van der Waals surface area (Å²) in [6.07, 6.45) is 8.53. The molecule has 15 heavy (non-hydrogen) atoms. The Morgan fingerprint density at radius 2 is 1.73 bits per heavy atom. The molecule has 0 aromatic heterocycles. The molecule has 92 valence electrons. The number of rotatable bonds is 11. The molecule has 0 aliphatic rings. The first kappa shape index (κ1) is 14.9. The van der Waals surface area contributed by atoms with E-state index >= 15 is 0 Å². The Balaban J connectivity index is 3.22. The minimum absolute atomic E-state index is 0.0453. The molecule has 0 amide bonds. The Kier molecular flexibility index (Phi) is 11.9. The number of hydrogen-bond donors (Lipinski definition) is 1. The van der Waals surface area contributed by atoms with E-state index < -0.39 is 0 Å². The van der Waals surface area contributed by atoms with E-state index in [-0.39, 0.29) is 19.5 Å². The van der Waals surface area contributed by atoms with Crippen molar-refractivity contribution in [3.8, 4) is 0 Å². The molecule has 0 bridgehead atoms. The van der Waals surface area contributed by atoms with Gasteiger partial charge in [-0.3, -0.25) is 0 Å². The molecule has 0 saturated carbocycles. The van der Waals surface area contributed by atoms with Crippen molar-refractivity contribution in [2.75, 3.05) is 20.5 Å². The Hall–Kier alpha value is -0.120. The monoisotopic (exact) mass is 218 g/mol. The van der Waals surface area contributed by atoms with Crippen LogP contribution in [0.1, 0.15) is 51.9 Å². The van der Waals surface area contributed by atoms with Gasteiger partial charge in [0.25, 0.3) is 0 Å². The van der Waals surface area contributed by atoms with E-state index in [4.69, 9.17) is 14.6 Å². The predicted molar refractivity (Wildman–Crippen MR) is 61.8 cm³/mol. The van der Waals surface area contributed by atoms with Crippen molar-refractivity contribution in [1.29, 1.82) is 0 Å². The van der Waals surface area contributed by atoms with Crippen molar-refractivity contribution in [3.05, 3.63) is 0 Å². The van der Waals surface area contributed by atoms with Crippen molar-refractivity contribution in [1.82, 2.24) is 0 Å². The highest BCUT2D eigenvalue weighted by atomic mass is 16.7. The van der Waals surface area contributed by atoms with Crippen LogP contribution in [0.3, 0.4) is 0 Å². The molecule has 3 heteroatoms. The molecule has 0 saturated heterocycles. The maximum absolute atomic E-state index is 9.01. The second kappa shape index (κ2) is 12.0. The molecule has 0 aliphatic carbocycles. The van der Waals surface area contributed by atoms with E-state index in [2.05, 4.69) is 6.92 Å². The molecule has 0 aliphatic heterocycles. The van der Waals surface area contributed by atoms with Crippen LogP contribution < -0.4 is 0 Å². The maximum atomic E-state index is 9.01. The second-order valence-electron chi connectivity index (χ2n) is 3.93. The van der Waals surface area contributed by atoms with Gasteiger partial charge in [0.2, 0.25) is 0 Å². The fraction of sp³-hybridized carbons (Fsp3) is 1.00. The van der Waals surface area contributed by atoms with Crippen LogP contribution in [0.15, 0.2) is 0 Å². The van der Waals surface area contributed by atoms with Gasteiger partial charge in [0, 0.05) is 7.11 Å². The van der Waals surface area contributed by atoms with Crippen molar-refractivity contribution in [2.24, 2.45) is 0 Å². The quantitative estimate of drug-likeness (QED) is 0.428. The summed E-state index contributed by atoms with van der Waals surface area (Å²) in [7, 11) is 1.60. The summed E-state index contributed by atoms with van der Waals surface area (Å²) in [5, 5.41) is 9.01. The van der Waals surface area contributed by atoms with Gasteiger partial charge in [0.15, 0.2) is 0 Å².